The molecule has 3 aromatic rings. The minimum Gasteiger partial charge on any atom is -0.322 e. The van der Waals surface area contributed by atoms with E-state index >= 15 is 0 Å². The molecule has 0 atom stereocenters. The molecule has 140 valence electrons. The molecule has 2 N–H and O–H groups in total. The maximum absolute atomic E-state index is 12.2. The molecule has 0 aliphatic carbocycles. The molecule has 0 fully saturated rings. The van der Waals surface area contributed by atoms with Crippen molar-refractivity contribution in [3.63, 3.8) is 0 Å². The van der Waals surface area contributed by atoms with Crippen LogP contribution < -0.4 is 10.7 Å². The van der Waals surface area contributed by atoms with E-state index in [0.29, 0.717) is 16.8 Å². The van der Waals surface area contributed by atoms with Crippen LogP contribution in [0, 0.1) is 6.92 Å². The smallest absolute Gasteiger partial charge is 0.271 e. The summed E-state index contributed by atoms with van der Waals surface area (Å²) in [5.74, 6) is -0.527. The number of amides is 2. The van der Waals surface area contributed by atoms with E-state index < -0.39 is 0 Å². The maximum Gasteiger partial charge on any atom is 0.271 e. The van der Waals surface area contributed by atoms with Crippen LogP contribution in [0.25, 0.3) is 0 Å². The van der Waals surface area contributed by atoms with Crippen LogP contribution in [0.15, 0.2) is 82.4 Å². The highest BCUT2D eigenvalue weighted by Crippen LogP contribution is 2.12. The van der Waals surface area contributed by atoms with Crippen molar-refractivity contribution in [3.05, 3.63) is 99.5 Å². The van der Waals surface area contributed by atoms with E-state index in [-0.39, 0.29) is 11.8 Å². The fraction of sp³-hybridized carbons (Fsp3) is 0.0455. The first-order valence-corrected chi connectivity index (χ1v) is 9.37. The van der Waals surface area contributed by atoms with Gasteiger partial charge in [-0.2, -0.15) is 5.10 Å². The molecule has 3 rings (SSSR count). The molecule has 0 aromatic heterocycles. The number of nitrogens with zero attached hydrogens (tertiary/aromatic N) is 1. The summed E-state index contributed by atoms with van der Waals surface area (Å²) in [5, 5.41) is 6.76. The summed E-state index contributed by atoms with van der Waals surface area (Å²) in [6.07, 6.45) is 1.57. The third-order valence-corrected chi connectivity index (χ3v) is 4.50. The Morgan fingerprint density at radius 2 is 1.39 bits per heavy atom. The first-order chi connectivity index (χ1) is 13.5. The van der Waals surface area contributed by atoms with Crippen LogP contribution in [0.3, 0.4) is 0 Å². The summed E-state index contributed by atoms with van der Waals surface area (Å²) in [6, 6.07) is 21.5. The number of carbonyl (C=O) groups is 2. The fourth-order valence-electron chi connectivity index (χ4n) is 2.39. The Hall–Kier alpha value is -3.25. The van der Waals surface area contributed by atoms with Crippen molar-refractivity contribution in [2.75, 3.05) is 5.32 Å². The van der Waals surface area contributed by atoms with E-state index in [9.17, 15) is 9.59 Å². The van der Waals surface area contributed by atoms with Crippen molar-refractivity contribution in [2.45, 2.75) is 6.92 Å². The van der Waals surface area contributed by atoms with E-state index in [2.05, 4.69) is 31.8 Å². The molecule has 0 radical (unpaired) electrons. The zero-order valence-corrected chi connectivity index (χ0v) is 16.7. The minimum absolute atomic E-state index is 0.198. The Morgan fingerprint density at radius 1 is 0.821 bits per heavy atom. The summed E-state index contributed by atoms with van der Waals surface area (Å²) in [5.41, 5.74) is 6.09. The number of rotatable bonds is 5. The molecule has 0 unspecified atom stereocenters. The van der Waals surface area contributed by atoms with Gasteiger partial charge in [-0.15, -0.1) is 0 Å². The van der Waals surface area contributed by atoms with Gasteiger partial charge >= 0.3 is 0 Å². The molecule has 0 heterocycles. The van der Waals surface area contributed by atoms with Crippen molar-refractivity contribution in [1.29, 1.82) is 0 Å². The first-order valence-electron chi connectivity index (χ1n) is 8.58. The van der Waals surface area contributed by atoms with Gasteiger partial charge < -0.3 is 5.32 Å². The van der Waals surface area contributed by atoms with Crippen molar-refractivity contribution < 1.29 is 9.59 Å². The highest BCUT2D eigenvalue weighted by molar-refractivity contribution is 9.10. The monoisotopic (exact) mass is 435 g/mol. The summed E-state index contributed by atoms with van der Waals surface area (Å²) in [4.78, 5) is 24.4. The van der Waals surface area contributed by atoms with Gasteiger partial charge in [-0.3, -0.25) is 9.59 Å². The maximum atomic E-state index is 12.2. The highest BCUT2D eigenvalue weighted by atomic mass is 79.9. The van der Waals surface area contributed by atoms with Gasteiger partial charge in [0.25, 0.3) is 11.8 Å². The molecule has 0 saturated heterocycles. The van der Waals surface area contributed by atoms with Gasteiger partial charge in [-0.05, 0) is 61.0 Å². The molecule has 0 saturated carbocycles. The van der Waals surface area contributed by atoms with Crippen LogP contribution in [0.4, 0.5) is 5.69 Å². The average Bonchev–Trinajstić information content (AvgIpc) is 2.70. The lowest BCUT2D eigenvalue weighted by atomic mass is 10.1. The normalized spacial score (nSPS) is 10.6. The molecular formula is C22H18BrN3O2. The first kappa shape index (κ1) is 19.5. The molecule has 0 spiro atoms. The molecule has 2 amide bonds. The van der Waals surface area contributed by atoms with Gasteiger partial charge in [0.05, 0.1) is 6.21 Å². The molecule has 6 heteroatoms. The predicted molar refractivity (Wildman–Crippen MR) is 115 cm³/mol. The highest BCUT2D eigenvalue weighted by Gasteiger charge is 2.07. The fourth-order valence-corrected chi connectivity index (χ4v) is 2.66. The lowest BCUT2D eigenvalue weighted by Crippen LogP contribution is -2.17. The van der Waals surface area contributed by atoms with Gasteiger partial charge in [0.1, 0.15) is 0 Å². The Bertz CT molecular complexity index is 995. The van der Waals surface area contributed by atoms with Crippen LogP contribution in [-0.2, 0) is 0 Å². The third kappa shape index (κ3) is 5.37. The van der Waals surface area contributed by atoms with Gasteiger partial charge in [0.2, 0.25) is 0 Å². The van der Waals surface area contributed by atoms with Gasteiger partial charge in [-0.25, -0.2) is 5.43 Å². The predicted octanol–water partition coefficient (Wildman–Crippen LogP) is 4.77. The van der Waals surface area contributed by atoms with Crippen molar-refractivity contribution >= 4 is 39.6 Å². The number of aryl methyl sites for hydroxylation is 1. The Labute approximate surface area is 171 Å². The Kier molecular flexibility index (Phi) is 6.34. The second-order valence-electron chi connectivity index (χ2n) is 6.15. The van der Waals surface area contributed by atoms with Crippen LogP contribution in [-0.4, -0.2) is 18.0 Å². The lowest BCUT2D eigenvalue weighted by molar-refractivity contribution is 0.0954. The summed E-state index contributed by atoms with van der Waals surface area (Å²) in [6.45, 7) is 1.97. The minimum atomic E-state index is -0.329. The number of hydrazone groups is 1. The van der Waals surface area contributed by atoms with E-state index in [4.69, 9.17) is 0 Å². The molecule has 28 heavy (non-hydrogen) atoms. The second-order valence-corrected chi connectivity index (χ2v) is 7.06. The second kappa shape index (κ2) is 9.10. The van der Waals surface area contributed by atoms with Crippen molar-refractivity contribution in [1.82, 2.24) is 5.43 Å². The van der Waals surface area contributed by atoms with Gasteiger partial charge in [-0.1, -0.05) is 45.8 Å². The topological polar surface area (TPSA) is 70.6 Å². The van der Waals surface area contributed by atoms with Crippen LogP contribution in [0.2, 0.25) is 0 Å². The summed E-state index contributed by atoms with van der Waals surface area (Å²) >= 11 is 3.36. The van der Waals surface area contributed by atoms with E-state index in [1.165, 1.54) is 0 Å². The van der Waals surface area contributed by atoms with Crippen LogP contribution in [0.5, 0.6) is 0 Å². The number of anilines is 1. The SMILES string of the molecule is Cc1ccc(C(=O)Nc2ccc(C(=O)N/N=C\c3ccc(Br)cc3)cc2)cc1. The number of nitrogens with one attached hydrogen (secondary N) is 2. The van der Waals surface area contributed by atoms with E-state index in [0.717, 1.165) is 15.6 Å². The van der Waals surface area contributed by atoms with Crippen LogP contribution >= 0.6 is 15.9 Å². The number of benzene rings is 3. The standard InChI is InChI=1S/C22H18BrN3O2/c1-15-2-6-17(7-3-15)21(27)25-20-12-8-18(9-13-20)22(28)26-24-14-16-4-10-19(23)11-5-16/h2-14H,1H3,(H,25,27)(H,26,28)/b24-14-. The quantitative estimate of drug-likeness (QED) is 0.447. The van der Waals surface area contributed by atoms with Crippen molar-refractivity contribution in [3.8, 4) is 0 Å². The van der Waals surface area contributed by atoms with E-state index in [1.54, 1.807) is 42.6 Å². The number of carbonyl (C=O) groups excluding carboxylic acids is 2. The number of halogens is 1. The molecular weight excluding hydrogens is 418 g/mol. The van der Waals surface area contributed by atoms with Gasteiger partial charge in [0.15, 0.2) is 0 Å². The zero-order valence-electron chi connectivity index (χ0n) is 15.1. The zero-order chi connectivity index (χ0) is 19.9. The third-order valence-electron chi connectivity index (χ3n) is 3.97. The number of hydrogen-bond acceptors (Lipinski definition) is 3. The molecule has 0 aliphatic rings. The van der Waals surface area contributed by atoms with Crippen molar-refractivity contribution in [2.24, 2.45) is 5.10 Å². The lowest BCUT2D eigenvalue weighted by Gasteiger charge is -2.06. The van der Waals surface area contributed by atoms with Gasteiger partial charge in [0, 0.05) is 21.3 Å². The summed E-state index contributed by atoms with van der Waals surface area (Å²) in [7, 11) is 0. The van der Waals surface area contributed by atoms with E-state index in [1.807, 2.05) is 43.3 Å². The largest absolute Gasteiger partial charge is 0.322 e. The molecule has 5 nitrogen and oxygen atoms in total. The Balaban J connectivity index is 1.57. The molecule has 0 aliphatic heterocycles. The molecule has 3 aromatic carbocycles. The molecule has 0 bridgehead atoms. The van der Waals surface area contributed by atoms with Crippen LogP contribution in [0.1, 0.15) is 31.8 Å². The Morgan fingerprint density at radius 3 is 2.04 bits per heavy atom. The number of hydrogen-bond donors (Lipinski definition) is 2. The summed E-state index contributed by atoms with van der Waals surface area (Å²) < 4.78 is 0.975. The average molecular weight is 436 g/mol.